The number of fused-ring (bicyclic) bond motifs is 1. The van der Waals surface area contributed by atoms with Crippen molar-refractivity contribution in [1.82, 2.24) is 14.5 Å². The second-order valence-electron chi connectivity index (χ2n) is 6.00. The van der Waals surface area contributed by atoms with Crippen molar-refractivity contribution in [3.05, 3.63) is 85.6 Å². The van der Waals surface area contributed by atoms with Crippen LogP contribution in [0.25, 0.3) is 28.4 Å². The van der Waals surface area contributed by atoms with Crippen LogP contribution in [0.3, 0.4) is 0 Å². The van der Waals surface area contributed by atoms with Gasteiger partial charge in [-0.05, 0) is 37.3 Å². The first-order chi connectivity index (χ1) is 13.4. The van der Waals surface area contributed by atoms with Crippen LogP contribution in [0.5, 0.6) is 0 Å². The van der Waals surface area contributed by atoms with Crippen LogP contribution in [0, 0.1) is 12.7 Å². The van der Waals surface area contributed by atoms with Crippen molar-refractivity contribution in [3.8, 4) is 5.69 Å². The van der Waals surface area contributed by atoms with Gasteiger partial charge < -0.3 is 5.11 Å². The van der Waals surface area contributed by atoms with Crippen molar-refractivity contribution in [3.63, 3.8) is 0 Å². The van der Waals surface area contributed by atoms with E-state index < -0.39 is 11.4 Å². The third-order valence-electron chi connectivity index (χ3n) is 4.10. The number of hydrogen-bond acceptors (Lipinski definition) is 5. The number of aromatic nitrogens is 3. The smallest absolute Gasteiger partial charge is 0.266 e. The van der Waals surface area contributed by atoms with Crippen LogP contribution >= 0.6 is 22.9 Å². The van der Waals surface area contributed by atoms with Crippen LogP contribution in [0.2, 0.25) is 5.02 Å². The van der Waals surface area contributed by atoms with E-state index in [1.807, 2.05) is 6.92 Å². The zero-order chi connectivity index (χ0) is 19.8. The van der Waals surface area contributed by atoms with E-state index >= 15 is 0 Å². The molecule has 0 spiro atoms. The molecule has 0 amide bonds. The summed E-state index contributed by atoms with van der Waals surface area (Å²) in [5, 5.41) is 13.4. The molecule has 0 atom stereocenters. The molecule has 0 unspecified atom stereocenters. The average Bonchev–Trinajstić information content (AvgIpc) is 3.10. The number of benzene rings is 2. The largest absolute Gasteiger partial charge is 0.506 e. The minimum absolute atomic E-state index is 0.112. The third-order valence-corrected chi connectivity index (χ3v) is 5.19. The highest BCUT2D eigenvalue weighted by Gasteiger charge is 2.16. The van der Waals surface area contributed by atoms with Gasteiger partial charge in [0.15, 0.2) is 0 Å². The molecule has 1 N–H and O–H groups in total. The van der Waals surface area contributed by atoms with Crippen molar-refractivity contribution >= 4 is 45.7 Å². The first-order valence-electron chi connectivity index (χ1n) is 8.24. The summed E-state index contributed by atoms with van der Waals surface area (Å²) in [7, 11) is 0. The van der Waals surface area contributed by atoms with Crippen LogP contribution in [0.15, 0.2) is 52.6 Å². The Morgan fingerprint density at radius 1 is 1.25 bits per heavy atom. The van der Waals surface area contributed by atoms with Crippen LogP contribution < -0.4 is 5.56 Å². The summed E-state index contributed by atoms with van der Waals surface area (Å²) in [5.74, 6) is -0.528. The van der Waals surface area contributed by atoms with Crippen molar-refractivity contribution in [2.45, 2.75) is 6.92 Å². The third kappa shape index (κ3) is 3.30. The molecular formula is C20H13ClFN3O2S. The number of thiazole rings is 1. The van der Waals surface area contributed by atoms with E-state index in [1.54, 1.807) is 29.6 Å². The Morgan fingerprint density at radius 3 is 2.75 bits per heavy atom. The first kappa shape index (κ1) is 18.3. The lowest BCUT2D eigenvalue weighted by Crippen LogP contribution is -2.23. The van der Waals surface area contributed by atoms with Gasteiger partial charge in [0.05, 0.1) is 26.6 Å². The SMILES string of the molecule is Cc1nc(/C(O)=C/c2nc3ccc(F)cc3c(=O)n2-c2ccccc2Cl)cs1. The highest BCUT2D eigenvalue weighted by atomic mass is 35.5. The molecular weight excluding hydrogens is 401 g/mol. The zero-order valence-corrected chi connectivity index (χ0v) is 16.1. The fraction of sp³-hybridized carbons (Fsp3) is 0.0500. The van der Waals surface area contributed by atoms with E-state index in [-0.39, 0.29) is 17.0 Å². The van der Waals surface area contributed by atoms with Gasteiger partial charge in [-0.2, -0.15) is 0 Å². The maximum absolute atomic E-state index is 13.7. The quantitative estimate of drug-likeness (QED) is 0.480. The maximum Gasteiger partial charge on any atom is 0.266 e. The van der Waals surface area contributed by atoms with Gasteiger partial charge in [0, 0.05) is 11.5 Å². The summed E-state index contributed by atoms with van der Waals surface area (Å²) >= 11 is 7.68. The predicted molar refractivity (Wildman–Crippen MR) is 110 cm³/mol. The molecule has 0 saturated heterocycles. The fourth-order valence-electron chi connectivity index (χ4n) is 2.81. The maximum atomic E-state index is 13.7. The number of aliphatic hydroxyl groups excluding tert-OH is 1. The second kappa shape index (κ2) is 7.18. The number of halogens is 2. The van der Waals surface area contributed by atoms with Gasteiger partial charge in [0.2, 0.25) is 0 Å². The Balaban J connectivity index is 2.04. The van der Waals surface area contributed by atoms with E-state index in [9.17, 15) is 14.3 Å². The fourth-order valence-corrected chi connectivity index (χ4v) is 3.64. The molecule has 0 bridgehead atoms. The van der Waals surface area contributed by atoms with Crippen molar-refractivity contribution in [1.29, 1.82) is 0 Å². The van der Waals surface area contributed by atoms with Gasteiger partial charge in [-0.25, -0.2) is 14.4 Å². The highest BCUT2D eigenvalue weighted by molar-refractivity contribution is 7.09. The van der Waals surface area contributed by atoms with Gasteiger partial charge >= 0.3 is 0 Å². The molecule has 4 aromatic rings. The monoisotopic (exact) mass is 413 g/mol. The Kier molecular flexibility index (Phi) is 4.70. The summed E-state index contributed by atoms with van der Waals surface area (Å²) in [6.07, 6.45) is 1.35. The van der Waals surface area contributed by atoms with Crippen molar-refractivity contribution < 1.29 is 9.50 Å². The molecule has 2 aromatic heterocycles. The molecule has 8 heteroatoms. The minimum atomic E-state index is -0.541. The number of aryl methyl sites for hydroxylation is 1. The molecule has 0 aliphatic rings. The number of aliphatic hydroxyl groups is 1. The van der Waals surface area contributed by atoms with Gasteiger partial charge in [-0.1, -0.05) is 23.7 Å². The molecule has 140 valence electrons. The average molecular weight is 414 g/mol. The van der Waals surface area contributed by atoms with Crippen molar-refractivity contribution in [2.75, 3.05) is 0 Å². The lowest BCUT2D eigenvalue weighted by molar-refractivity contribution is 0.512. The van der Waals surface area contributed by atoms with E-state index in [0.717, 1.165) is 11.1 Å². The number of hydrogen-bond donors (Lipinski definition) is 1. The molecule has 0 aliphatic heterocycles. The van der Waals surface area contributed by atoms with Gasteiger partial charge in [0.25, 0.3) is 5.56 Å². The van der Waals surface area contributed by atoms with Gasteiger partial charge in [-0.3, -0.25) is 9.36 Å². The number of para-hydroxylation sites is 1. The summed E-state index contributed by atoms with van der Waals surface area (Å²) in [5.41, 5.74) is 0.567. The number of rotatable bonds is 3. The Morgan fingerprint density at radius 2 is 2.04 bits per heavy atom. The summed E-state index contributed by atoms with van der Waals surface area (Å²) in [6, 6.07) is 10.5. The topological polar surface area (TPSA) is 68.0 Å². The zero-order valence-electron chi connectivity index (χ0n) is 14.6. The Labute approximate surface area is 168 Å². The summed E-state index contributed by atoms with van der Waals surface area (Å²) < 4.78 is 15.0. The van der Waals surface area contributed by atoms with Crippen LogP contribution in [0.1, 0.15) is 16.5 Å². The molecule has 0 radical (unpaired) electrons. The molecule has 0 aliphatic carbocycles. The van der Waals surface area contributed by atoms with Crippen molar-refractivity contribution in [2.24, 2.45) is 0 Å². The molecule has 0 fully saturated rings. The number of nitrogens with zero attached hydrogens (tertiary/aromatic N) is 3. The van der Waals surface area contributed by atoms with Gasteiger partial charge in [0.1, 0.15) is 23.1 Å². The molecule has 28 heavy (non-hydrogen) atoms. The lowest BCUT2D eigenvalue weighted by Gasteiger charge is -2.13. The normalized spacial score (nSPS) is 11.9. The van der Waals surface area contributed by atoms with E-state index in [2.05, 4.69) is 9.97 Å². The van der Waals surface area contributed by atoms with E-state index in [0.29, 0.717) is 21.9 Å². The predicted octanol–water partition coefficient (Wildman–Crippen LogP) is 5.00. The van der Waals surface area contributed by atoms with E-state index in [4.69, 9.17) is 11.6 Å². The summed E-state index contributed by atoms with van der Waals surface area (Å²) in [6.45, 7) is 1.82. The Hall–Kier alpha value is -3.03. The first-order valence-corrected chi connectivity index (χ1v) is 9.50. The molecule has 2 aromatic carbocycles. The minimum Gasteiger partial charge on any atom is -0.506 e. The highest BCUT2D eigenvalue weighted by Crippen LogP contribution is 2.24. The second-order valence-corrected chi connectivity index (χ2v) is 7.47. The molecule has 2 heterocycles. The molecule has 4 rings (SSSR count). The summed E-state index contributed by atoms with van der Waals surface area (Å²) in [4.78, 5) is 21.8. The van der Waals surface area contributed by atoms with E-state index in [1.165, 1.54) is 34.1 Å². The Bertz CT molecular complexity index is 1300. The standard InChI is InChI=1S/C20H13ClFN3O2S/c1-11-23-16(10-28-11)18(26)9-19-24-15-7-6-12(22)8-13(15)20(27)25(19)17-5-3-2-4-14(17)21/h2-10,26H,1H3/b18-9-. The molecule has 0 saturated carbocycles. The van der Waals surface area contributed by atoms with Crippen LogP contribution in [-0.2, 0) is 0 Å². The van der Waals surface area contributed by atoms with Gasteiger partial charge in [-0.15, -0.1) is 11.3 Å². The van der Waals surface area contributed by atoms with Crippen LogP contribution in [-0.4, -0.2) is 19.6 Å². The molecule has 5 nitrogen and oxygen atoms in total. The lowest BCUT2D eigenvalue weighted by atomic mass is 10.2. The van der Waals surface area contributed by atoms with Crippen LogP contribution in [0.4, 0.5) is 4.39 Å².